The number of hydrogen-bond donors (Lipinski definition) is 2. The van der Waals surface area contributed by atoms with Gasteiger partial charge >= 0.3 is 0 Å². The standard InChI is InChI=1S/C7H16N2.C2H6.H2/c1-8-6-7-2-4-9-5-3-7;1-2;/h7-9H,2-6H2,1H3;1-2H3;1H. The molecule has 2 N–H and O–H groups in total. The lowest BCUT2D eigenvalue weighted by molar-refractivity contribution is 0.365. The van der Waals surface area contributed by atoms with Crippen LogP contribution in [-0.4, -0.2) is 26.7 Å². The number of hydrogen-bond acceptors (Lipinski definition) is 2. The summed E-state index contributed by atoms with van der Waals surface area (Å²) in [6, 6.07) is 0. The van der Waals surface area contributed by atoms with E-state index in [1.807, 2.05) is 20.9 Å². The topological polar surface area (TPSA) is 24.1 Å². The van der Waals surface area contributed by atoms with Gasteiger partial charge in [-0.3, -0.25) is 0 Å². The van der Waals surface area contributed by atoms with Crippen molar-refractivity contribution in [3.8, 4) is 0 Å². The van der Waals surface area contributed by atoms with Crippen molar-refractivity contribution in [2.24, 2.45) is 5.92 Å². The molecule has 0 aromatic heterocycles. The van der Waals surface area contributed by atoms with Gasteiger partial charge in [-0.1, -0.05) is 13.8 Å². The van der Waals surface area contributed by atoms with Crippen molar-refractivity contribution in [1.82, 2.24) is 10.6 Å². The third-order valence-corrected chi connectivity index (χ3v) is 1.95. The SMILES string of the molecule is CC.CNCC1CCNCC1.[HH]. The first kappa shape index (κ1) is 10.9. The first-order valence-electron chi connectivity index (χ1n) is 4.79. The van der Waals surface area contributed by atoms with Crippen molar-refractivity contribution in [2.45, 2.75) is 26.7 Å². The molecule has 0 aliphatic carbocycles. The minimum atomic E-state index is 0. The quantitative estimate of drug-likeness (QED) is 0.639. The molecule has 0 bridgehead atoms. The molecule has 0 amide bonds. The van der Waals surface area contributed by atoms with Gasteiger partial charge in [0.05, 0.1) is 0 Å². The fourth-order valence-electron chi connectivity index (χ4n) is 1.37. The Hall–Kier alpha value is -0.0800. The maximum absolute atomic E-state index is 3.35. The van der Waals surface area contributed by atoms with E-state index in [9.17, 15) is 0 Å². The van der Waals surface area contributed by atoms with E-state index in [0.29, 0.717) is 0 Å². The molecule has 0 saturated carbocycles. The van der Waals surface area contributed by atoms with Crippen LogP contribution in [0.15, 0.2) is 0 Å². The second-order valence-electron chi connectivity index (χ2n) is 2.75. The summed E-state index contributed by atoms with van der Waals surface area (Å²) < 4.78 is 0. The van der Waals surface area contributed by atoms with E-state index in [1.54, 1.807) is 0 Å². The molecule has 1 heterocycles. The van der Waals surface area contributed by atoms with Crippen LogP contribution in [0.1, 0.15) is 28.1 Å². The van der Waals surface area contributed by atoms with Crippen LogP contribution in [0.5, 0.6) is 0 Å². The maximum Gasteiger partial charge on any atom is 0 e. The van der Waals surface area contributed by atoms with Gasteiger partial charge in [-0.15, -0.1) is 0 Å². The Balaban J connectivity index is 0. The van der Waals surface area contributed by atoms with Gasteiger partial charge < -0.3 is 10.6 Å². The highest BCUT2D eigenvalue weighted by molar-refractivity contribution is 4.69. The van der Waals surface area contributed by atoms with Crippen molar-refractivity contribution in [3.05, 3.63) is 0 Å². The van der Waals surface area contributed by atoms with E-state index in [-0.39, 0.29) is 1.43 Å². The summed E-state index contributed by atoms with van der Waals surface area (Å²) in [4.78, 5) is 0. The molecule has 0 atom stereocenters. The van der Waals surface area contributed by atoms with Crippen LogP contribution >= 0.6 is 0 Å². The predicted molar refractivity (Wildman–Crippen MR) is 53.0 cm³/mol. The maximum atomic E-state index is 3.35. The summed E-state index contributed by atoms with van der Waals surface area (Å²) in [5, 5.41) is 6.55. The Morgan fingerprint density at radius 1 is 1.36 bits per heavy atom. The van der Waals surface area contributed by atoms with Gasteiger partial charge in [-0.2, -0.15) is 0 Å². The lowest BCUT2D eigenvalue weighted by atomic mass is 9.98. The number of rotatable bonds is 2. The van der Waals surface area contributed by atoms with Gasteiger partial charge in [0.15, 0.2) is 0 Å². The van der Waals surface area contributed by atoms with E-state index in [0.717, 1.165) is 5.92 Å². The largest absolute Gasteiger partial charge is 0.319 e. The molecular weight excluding hydrogens is 136 g/mol. The summed E-state index contributed by atoms with van der Waals surface area (Å²) in [5.74, 6) is 0.927. The zero-order valence-electron chi connectivity index (χ0n) is 8.11. The molecule has 0 unspecified atom stereocenters. The molecule has 2 nitrogen and oxygen atoms in total. The van der Waals surface area contributed by atoms with Crippen LogP contribution in [0.3, 0.4) is 0 Å². The van der Waals surface area contributed by atoms with Gasteiger partial charge in [0.2, 0.25) is 0 Å². The second kappa shape index (κ2) is 8.02. The minimum absolute atomic E-state index is 0. The molecule has 1 aliphatic rings. The lowest BCUT2D eigenvalue weighted by Crippen LogP contribution is -2.32. The second-order valence-corrected chi connectivity index (χ2v) is 2.75. The normalized spacial score (nSPS) is 18.8. The summed E-state index contributed by atoms with van der Waals surface area (Å²) in [5.41, 5.74) is 0. The van der Waals surface area contributed by atoms with Gasteiger partial charge in [-0.25, -0.2) is 0 Å². The molecule has 0 aromatic rings. The van der Waals surface area contributed by atoms with Crippen LogP contribution in [-0.2, 0) is 0 Å². The van der Waals surface area contributed by atoms with Gasteiger partial charge in [0.25, 0.3) is 0 Å². The fourth-order valence-corrected chi connectivity index (χ4v) is 1.37. The number of nitrogens with one attached hydrogen (secondary N) is 2. The fraction of sp³-hybridized carbons (Fsp3) is 1.00. The van der Waals surface area contributed by atoms with Crippen molar-refractivity contribution >= 4 is 0 Å². The first-order valence-corrected chi connectivity index (χ1v) is 4.79. The molecule has 1 aliphatic heterocycles. The molecule has 11 heavy (non-hydrogen) atoms. The zero-order valence-corrected chi connectivity index (χ0v) is 8.11. The summed E-state index contributed by atoms with van der Waals surface area (Å²) in [6.45, 7) is 7.63. The van der Waals surface area contributed by atoms with E-state index < -0.39 is 0 Å². The Kier molecular flexibility index (Phi) is 7.96. The van der Waals surface area contributed by atoms with E-state index in [4.69, 9.17) is 0 Å². The molecule has 0 spiro atoms. The highest BCUT2D eigenvalue weighted by atomic mass is 14.9. The van der Waals surface area contributed by atoms with Crippen molar-refractivity contribution in [3.63, 3.8) is 0 Å². The van der Waals surface area contributed by atoms with Crippen LogP contribution < -0.4 is 10.6 Å². The predicted octanol–water partition coefficient (Wildman–Crippen LogP) is 1.48. The highest BCUT2D eigenvalue weighted by Crippen LogP contribution is 2.08. The van der Waals surface area contributed by atoms with Crippen molar-refractivity contribution < 1.29 is 1.43 Å². The minimum Gasteiger partial charge on any atom is -0.319 e. The van der Waals surface area contributed by atoms with Gasteiger partial charge in [0, 0.05) is 1.43 Å². The molecule has 1 saturated heterocycles. The third-order valence-electron chi connectivity index (χ3n) is 1.95. The van der Waals surface area contributed by atoms with Crippen molar-refractivity contribution in [1.29, 1.82) is 0 Å². The molecule has 1 rings (SSSR count). The van der Waals surface area contributed by atoms with E-state index in [1.165, 1.54) is 32.5 Å². The summed E-state index contributed by atoms with van der Waals surface area (Å²) in [6.07, 6.45) is 2.70. The van der Waals surface area contributed by atoms with Crippen molar-refractivity contribution in [2.75, 3.05) is 26.7 Å². The highest BCUT2D eigenvalue weighted by Gasteiger charge is 2.10. The smallest absolute Gasteiger partial charge is 0 e. The molecule has 0 aromatic carbocycles. The molecular formula is C9H24N2. The summed E-state index contributed by atoms with van der Waals surface area (Å²) in [7, 11) is 2.03. The lowest BCUT2D eigenvalue weighted by Gasteiger charge is -2.21. The number of piperidine rings is 1. The van der Waals surface area contributed by atoms with E-state index in [2.05, 4.69) is 10.6 Å². The Morgan fingerprint density at radius 3 is 2.36 bits per heavy atom. The van der Waals surface area contributed by atoms with Crippen LogP contribution in [0.25, 0.3) is 0 Å². The van der Waals surface area contributed by atoms with Crippen LogP contribution in [0.2, 0.25) is 0 Å². The van der Waals surface area contributed by atoms with E-state index >= 15 is 0 Å². The first-order chi connectivity index (χ1) is 5.43. The van der Waals surface area contributed by atoms with Gasteiger partial charge in [-0.05, 0) is 45.4 Å². The van der Waals surface area contributed by atoms with Crippen LogP contribution in [0.4, 0.5) is 0 Å². The average molecular weight is 160 g/mol. The molecule has 0 radical (unpaired) electrons. The zero-order chi connectivity index (χ0) is 8.53. The molecule has 70 valence electrons. The van der Waals surface area contributed by atoms with Crippen LogP contribution in [0, 0.1) is 5.92 Å². The third kappa shape index (κ3) is 5.22. The molecule has 1 fully saturated rings. The monoisotopic (exact) mass is 160 g/mol. The Morgan fingerprint density at radius 2 is 1.91 bits per heavy atom. The van der Waals surface area contributed by atoms with Gasteiger partial charge in [0.1, 0.15) is 0 Å². The Bertz CT molecular complexity index is 70.2. The molecule has 2 heteroatoms. The Labute approximate surface area is 72.2 Å². The average Bonchev–Trinajstić information content (AvgIpc) is 2.11. The summed E-state index contributed by atoms with van der Waals surface area (Å²) >= 11 is 0.